The highest BCUT2D eigenvalue weighted by atomic mass is 35.5. The van der Waals surface area contributed by atoms with E-state index in [1.807, 2.05) is 6.07 Å². The highest BCUT2D eigenvalue weighted by Crippen LogP contribution is 2.38. The van der Waals surface area contributed by atoms with E-state index in [9.17, 15) is 9.90 Å². The summed E-state index contributed by atoms with van der Waals surface area (Å²) in [7, 11) is 0. The Morgan fingerprint density at radius 2 is 2.00 bits per heavy atom. The molecule has 1 N–H and O–H groups in total. The fourth-order valence-electron chi connectivity index (χ4n) is 3.62. The van der Waals surface area contributed by atoms with Crippen molar-refractivity contribution in [1.29, 1.82) is 0 Å². The number of carbonyl (C=O) groups is 1. The minimum absolute atomic E-state index is 0.354. The van der Waals surface area contributed by atoms with Crippen molar-refractivity contribution >= 4 is 17.6 Å². The van der Waals surface area contributed by atoms with Gasteiger partial charge in [-0.25, -0.2) is 0 Å². The number of carboxylic acids is 1. The standard InChI is InChI=1S/C16H19ClO2/c17-15-9-14-11(5-6-13(14)16(18)19)8-12(15)7-10-3-1-2-4-10/h8-10,13H,1-7H2,(H,18,19). The molecule has 2 nitrogen and oxygen atoms in total. The van der Waals surface area contributed by atoms with Crippen LogP contribution in [0.1, 0.15) is 54.7 Å². The molecule has 0 spiro atoms. The summed E-state index contributed by atoms with van der Waals surface area (Å²) in [6.45, 7) is 0. The SMILES string of the molecule is O=C(O)C1CCc2cc(CC3CCCC3)c(Cl)cc21. The number of aryl methyl sites for hydroxylation is 1. The predicted molar refractivity (Wildman–Crippen MR) is 75.8 cm³/mol. The molecular weight excluding hydrogens is 260 g/mol. The first-order chi connectivity index (χ1) is 9.15. The second-order valence-corrected chi connectivity index (χ2v) is 6.33. The summed E-state index contributed by atoms with van der Waals surface area (Å²) in [5.74, 6) is -0.307. The molecular formula is C16H19ClO2. The Kier molecular flexibility index (Phi) is 3.53. The van der Waals surface area contributed by atoms with Crippen LogP contribution in [-0.4, -0.2) is 11.1 Å². The van der Waals surface area contributed by atoms with E-state index in [1.165, 1.54) is 36.8 Å². The van der Waals surface area contributed by atoms with Crippen LogP contribution in [0.3, 0.4) is 0 Å². The van der Waals surface area contributed by atoms with Crippen molar-refractivity contribution in [2.75, 3.05) is 0 Å². The average molecular weight is 279 g/mol. The molecule has 19 heavy (non-hydrogen) atoms. The zero-order valence-electron chi connectivity index (χ0n) is 11.0. The second kappa shape index (κ2) is 5.16. The third-order valence-electron chi connectivity index (χ3n) is 4.67. The highest BCUT2D eigenvalue weighted by molar-refractivity contribution is 6.31. The molecule has 0 amide bonds. The van der Waals surface area contributed by atoms with E-state index in [1.54, 1.807) is 0 Å². The average Bonchev–Trinajstić information content (AvgIpc) is 2.98. The Balaban J connectivity index is 1.86. The molecule has 0 aromatic heterocycles. The first-order valence-corrected chi connectivity index (χ1v) is 7.57. The summed E-state index contributed by atoms with van der Waals surface area (Å²) in [6, 6.07) is 4.08. The van der Waals surface area contributed by atoms with Gasteiger partial charge in [-0.15, -0.1) is 0 Å². The van der Waals surface area contributed by atoms with Crippen LogP contribution in [0, 0.1) is 5.92 Å². The van der Waals surface area contributed by atoms with Crippen LogP contribution in [0.15, 0.2) is 12.1 Å². The number of aliphatic carboxylic acids is 1. The summed E-state index contributed by atoms with van der Waals surface area (Å²) in [5.41, 5.74) is 3.36. The largest absolute Gasteiger partial charge is 0.481 e. The van der Waals surface area contributed by atoms with Gasteiger partial charge < -0.3 is 5.11 Å². The third-order valence-corrected chi connectivity index (χ3v) is 5.02. The van der Waals surface area contributed by atoms with Gasteiger partial charge in [0.15, 0.2) is 0 Å². The molecule has 1 aromatic carbocycles. The van der Waals surface area contributed by atoms with E-state index >= 15 is 0 Å². The lowest BCUT2D eigenvalue weighted by Crippen LogP contribution is -2.08. The molecule has 1 aromatic rings. The molecule has 3 heteroatoms. The Morgan fingerprint density at radius 1 is 1.26 bits per heavy atom. The Hall–Kier alpha value is -1.02. The molecule has 0 bridgehead atoms. The topological polar surface area (TPSA) is 37.3 Å². The van der Waals surface area contributed by atoms with E-state index in [4.69, 9.17) is 11.6 Å². The first-order valence-electron chi connectivity index (χ1n) is 7.19. The number of benzene rings is 1. The molecule has 102 valence electrons. The van der Waals surface area contributed by atoms with Crippen LogP contribution in [-0.2, 0) is 17.6 Å². The van der Waals surface area contributed by atoms with E-state index in [0.29, 0.717) is 6.42 Å². The number of halogens is 1. The molecule has 1 fully saturated rings. The van der Waals surface area contributed by atoms with Gasteiger partial charge >= 0.3 is 5.97 Å². The molecule has 0 heterocycles. The number of hydrogen-bond acceptors (Lipinski definition) is 1. The van der Waals surface area contributed by atoms with E-state index < -0.39 is 5.97 Å². The molecule has 0 saturated heterocycles. The summed E-state index contributed by atoms with van der Waals surface area (Å²) in [6.07, 6.45) is 7.96. The van der Waals surface area contributed by atoms with Crippen molar-refractivity contribution < 1.29 is 9.90 Å². The van der Waals surface area contributed by atoms with Gasteiger partial charge in [-0.3, -0.25) is 4.79 Å². The van der Waals surface area contributed by atoms with Gasteiger partial charge in [0, 0.05) is 5.02 Å². The van der Waals surface area contributed by atoms with Crippen molar-refractivity contribution in [3.8, 4) is 0 Å². The van der Waals surface area contributed by atoms with Crippen LogP contribution >= 0.6 is 11.6 Å². The normalized spacial score (nSPS) is 22.7. The van der Waals surface area contributed by atoms with Gasteiger partial charge in [0.2, 0.25) is 0 Å². The number of carboxylic acid groups (broad SMARTS) is 1. The van der Waals surface area contributed by atoms with Crippen LogP contribution in [0.4, 0.5) is 0 Å². The van der Waals surface area contributed by atoms with Crippen molar-refractivity contribution in [2.24, 2.45) is 5.92 Å². The minimum atomic E-state index is -0.724. The van der Waals surface area contributed by atoms with Gasteiger partial charge in [-0.1, -0.05) is 43.4 Å². The molecule has 2 aliphatic rings. The maximum absolute atomic E-state index is 11.2. The molecule has 1 atom stereocenters. The third kappa shape index (κ3) is 2.51. The smallest absolute Gasteiger partial charge is 0.310 e. The maximum atomic E-state index is 11.2. The fraction of sp³-hybridized carbons (Fsp3) is 0.562. The summed E-state index contributed by atoms with van der Waals surface area (Å²) < 4.78 is 0. The van der Waals surface area contributed by atoms with Gasteiger partial charge in [-0.2, -0.15) is 0 Å². The Labute approximate surface area is 118 Å². The quantitative estimate of drug-likeness (QED) is 0.900. The molecule has 3 rings (SSSR count). The van der Waals surface area contributed by atoms with Gasteiger partial charge in [0.05, 0.1) is 5.92 Å². The molecule has 2 aliphatic carbocycles. The van der Waals surface area contributed by atoms with Crippen LogP contribution in [0.2, 0.25) is 5.02 Å². The first kappa shape index (κ1) is 13.0. The van der Waals surface area contributed by atoms with Crippen molar-refractivity contribution in [2.45, 2.75) is 50.9 Å². The number of rotatable bonds is 3. The molecule has 1 saturated carbocycles. The summed E-state index contributed by atoms with van der Waals surface area (Å²) in [5, 5.41) is 9.97. The van der Waals surface area contributed by atoms with Crippen LogP contribution in [0.25, 0.3) is 0 Å². The fourth-order valence-corrected chi connectivity index (χ4v) is 3.87. The monoisotopic (exact) mass is 278 g/mol. The van der Waals surface area contributed by atoms with Crippen molar-refractivity contribution in [1.82, 2.24) is 0 Å². The second-order valence-electron chi connectivity index (χ2n) is 5.93. The zero-order valence-corrected chi connectivity index (χ0v) is 11.7. The summed E-state index contributed by atoms with van der Waals surface area (Å²) >= 11 is 6.36. The maximum Gasteiger partial charge on any atom is 0.310 e. The lowest BCUT2D eigenvalue weighted by molar-refractivity contribution is -0.138. The summed E-state index contributed by atoms with van der Waals surface area (Å²) in [4.78, 5) is 11.2. The predicted octanol–water partition coefficient (Wildman–Crippen LogP) is 4.19. The van der Waals surface area contributed by atoms with Gasteiger partial charge in [0.1, 0.15) is 0 Å². The van der Waals surface area contributed by atoms with E-state index in [0.717, 1.165) is 29.3 Å². The molecule has 0 aliphatic heterocycles. The van der Waals surface area contributed by atoms with E-state index in [-0.39, 0.29) is 5.92 Å². The lowest BCUT2D eigenvalue weighted by atomic mass is 9.94. The number of fused-ring (bicyclic) bond motifs is 1. The Morgan fingerprint density at radius 3 is 2.68 bits per heavy atom. The van der Waals surface area contributed by atoms with Crippen LogP contribution in [0.5, 0.6) is 0 Å². The molecule has 0 radical (unpaired) electrons. The van der Waals surface area contributed by atoms with Crippen molar-refractivity contribution in [3.05, 3.63) is 33.8 Å². The lowest BCUT2D eigenvalue weighted by Gasteiger charge is -2.13. The van der Waals surface area contributed by atoms with Gasteiger partial charge in [-0.05, 0) is 47.9 Å². The van der Waals surface area contributed by atoms with Crippen LogP contribution < -0.4 is 0 Å². The number of hydrogen-bond donors (Lipinski definition) is 1. The Bertz CT molecular complexity index is 504. The molecule has 1 unspecified atom stereocenters. The zero-order chi connectivity index (χ0) is 13.4. The highest BCUT2D eigenvalue weighted by Gasteiger charge is 2.29. The van der Waals surface area contributed by atoms with E-state index in [2.05, 4.69) is 6.07 Å². The van der Waals surface area contributed by atoms with Gasteiger partial charge in [0.25, 0.3) is 0 Å². The minimum Gasteiger partial charge on any atom is -0.481 e. The van der Waals surface area contributed by atoms with Crippen molar-refractivity contribution in [3.63, 3.8) is 0 Å².